The Hall–Kier alpha value is -0.300. The van der Waals surface area contributed by atoms with Gasteiger partial charge in [-0.2, -0.15) is 0 Å². The van der Waals surface area contributed by atoms with Crippen LogP contribution in [0.1, 0.15) is 76.5 Å². The molecule has 104 valence electrons. The van der Waals surface area contributed by atoms with Crippen LogP contribution in [0.3, 0.4) is 0 Å². The molecule has 0 amide bonds. The Morgan fingerprint density at radius 1 is 0.944 bits per heavy atom. The van der Waals surface area contributed by atoms with Gasteiger partial charge in [0, 0.05) is 4.88 Å². The van der Waals surface area contributed by atoms with E-state index in [9.17, 15) is 0 Å². The molecule has 1 aromatic rings. The van der Waals surface area contributed by atoms with Crippen molar-refractivity contribution in [1.29, 1.82) is 0 Å². The first kappa shape index (κ1) is 15.8. The number of rotatable bonds is 11. The smallest absolute Gasteiger partial charge is 0.00479 e. The highest BCUT2D eigenvalue weighted by Gasteiger charge is 2.10. The van der Waals surface area contributed by atoms with Crippen LogP contribution in [-0.4, -0.2) is 0 Å². The molecule has 18 heavy (non-hydrogen) atoms. The van der Waals surface area contributed by atoms with Crippen LogP contribution < -0.4 is 0 Å². The first-order valence-corrected chi connectivity index (χ1v) is 8.77. The standard InChI is InChI=1S/C17H30S/c1-3-5-7-9-12-16(11-8-6-4-2)15-17-13-10-14-18-17/h10,13-14,16H,3-9,11-12,15H2,1-2H3. The highest BCUT2D eigenvalue weighted by Crippen LogP contribution is 2.24. The van der Waals surface area contributed by atoms with Gasteiger partial charge in [-0.25, -0.2) is 0 Å². The Bertz CT molecular complexity index is 263. The van der Waals surface area contributed by atoms with E-state index in [1.54, 1.807) is 4.88 Å². The number of unbranched alkanes of at least 4 members (excludes halogenated alkanes) is 5. The minimum Gasteiger partial charge on any atom is -0.149 e. The largest absolute Gasteiger partial charge is 0.149 e. The summed E-state index contributed by atoms with van der Waals surface area (Å²) in [7, 11) is 0. The lowest BCUT2D eigenvalue weighted by Gasteiger charge is -2.16. The van der Waals surface area contributed by atoms with Gasteiger partial charge in [0.25, 0.3) is 0 Å². The molecule has 0 nitrogen and oxygen atoms in total. The normalized spacial score (nSPS) is 12.8. The lowest BCUT2D eigenvalue weighted by molar-refractivity contribution is 0.408. The third-order valence-corrected chi connectivity index (χ3v) is 4.65. The van der Waals surface area contributed by atoms with E-state index in [1.165, 1.54) is 64.2 Å². The maximum Gasteiger partial charge on any atom is 0.00479 e. The molecule has 1 unspecified atom stereocenters. The zero-order valence-corrected chi connectivity index (χ0v) is 13.1. The Morgan fingerprint density at radius 3 is 2.22 bits per heavy atom. The van der Waals surface area contributed by atoms with E-state index < -0.39 is 0 Å². The summed E-state index contributed by atoms with van der Waals surface area (Å²) in [4.78, 5) is 1.59. The maximum absolute atomic E-state index is 2.31. The number of hydrogen-bond donors (Lipinski definition) is 0. The molecule has 0 N–H and O–H groups in total. The molecule has 0 radical (unpaired) electrons. The summed E-state index contributed by atoms with van der Waals surface area (Å²) in [6.45, 7) is 4.60. The van der Waals surface area contributed by atoms with E-state index in [4.69, 9.17) is 0 Å². The fourth-order valence-electron chi connectivity index (χ4n) is 2.60. The molecule has 1 heteroatoms. The molecule has 0 spiro atoms. The van der Waals surface area contributed by atoms with Crippen molar-refractivity contribution >= 4 is 11.3 Å². The second-order valence-electron chi connectivity index (χ2n) is 5.49. The average Bonchev–Trinajstić information content (AvgIpc) is 2.87. The number of thiophene rings is 1. The molecule has 0 aliphatic rings. The summed E-state index contributed by atoms with van der Waals surface area (Å²) in [5.41, 5.74) is 0. The van der Waals surface area contributed by atoms with E-state index in [0.717, 1.165) is 5.92 Å². The molecule has 1 atom stereocenters. The second-order valence-corrected chi connectivity index (χ2v) is 6.53. The molecule has 0 saturated heterocycles. The summed E-state index contributed by atoms with van der Waals surface area (Å²) in [5.74, 6) is 0.937. The molecule has 0 aromatic carbocycles. The quantitative estimate of drug-likeness (QED) is 0.403. The molecule has 0 fully saturated rings. The van der Waals surface area contributed by atoms with E-state index in [2.05, 4.69) is 31.4 Å². The Kier molecular flexibility index (Phi) is 9.28. The highest BCUT2D eigenvalue weighted by atomic mass is 32.1. The van der Waals surface area contributed by atoms with E-state index >= 15 is 0 Å². The van der Waals surface area contributed by atoms with Gasteiger partial charge in [-0.1, -0.05) is 77.7 Å². The van der Waals surface area contributed by atoms with Crippen LogP contribution in [0, 0.1) is 5.92 Å². The fourth-order valence-corrected chi connectivity index (χ4v) is 3.43. The fraction of sp³-hybridized carbons (Fsp3) is 0.765. The van der Waals surface area contributed by atoms with E-state index in [-0.39, 0.29) is 0 Å². The van der Waals surface area contributed by atoms with E-state index in [1.807, 2.05) is 11.3 Å². The predicted octanol–water partition coefficient (Wildman–Crippen LogP) is 6.46. The Labute approximate surface area is 118 Å². The molecule has 0 aliphatic carbocycles. The van der Waals surface area contributed by atoms with Crippen LogP contribution in [0.5, 0.6) is 0 Å². The summed E-state index contributed by atoms with van der Waals surface area (Å²) < 4.78 is 0. The zero-order valence-electron chi connectivity index (χ0n) is 12.3. The van der Waals surface area contributed by atoms with Crippen molar-refractivity contribution in [2.45, 2.75) is 78.1 Å². The molecule has 1 aromatic heterocycles. The first-order chi connectivity index (χ1) is 8.86. The third kappa shape index (κ3) is 7.20. The van der Waals surface area contributed by atoms with E-state index in [0.29, 0.717) is 0 Å². The van der Waals surface area contributed by atoms with Gasteiger partial charge in [-0.05, 0) is 23.8 Å². The lowest BCUT2D eigenvalue weighted by atomic mass is 9.91. The van der Waals surface area contributed by atoms with Gasteiger partial charge in [-0.3, -0.25) is 0 Å². The molecule has 0 aliphatic heterocycles. The summed E-state index contributed by atoms with van der Waals surface area (Å²) in [6, 6.07) is 4.50. The topological polar surface area (TPSA) is 0 Å². The van der Waals surface area contributed by atoms with Crippen LogP contribution in [0.2, 0.25) is 0 Å². The van der Waals surface area contributed by atoms with Crippen LogP contribution in [-0.2, 0) is 6.42 Å². The SMILES string of the molecule is CCCCCCC(CCCCC)Cc1cccs1. The van der Waals surface area contributed by atoms with Crippen molar-refractivity contribution < 1.29 is 0 Å². The summed E-state index contributed by atoms with van der Waals surface area (Å²) in [6.07, 6.45) is 14.1. The van der Waals surface area contributed by atoms with Gasteiger partial charge in [-0.15, -0.1) is 11.3 Å². The van der Waals surface area contributed by atoms with Gasteiger partial charge in [0.15, 0.2) is 0 Å². The van der Waals surface area contributed by atoms with Crippen LogP contribution in [0.25, 0.3) is 0 Å². The van der Waals surface area contributed by atoms with Crippen molar-refractivity contribution in [3.63, 3.8) is 0 Å². The molecule has 1 rings (SSSR count). The van der Waals surface area contributed by atoms with Gasteiger partial charge in [0.1, 0.15) is 0 Å². The van der Waals surface area contributed by atoms with Crippen LogP contribution in [0.15, 0.2) is 17.5 Å². The minimum atomic E-state index is 0.937. The van der Waals surface area contributed by atoms with Crippen molar-refractivity contribution in [3.05, 3.63) is 22.4 Å². The summed E-state index contributed by atoms with van der Waals surface area (Å²) in [5, 5.41) is 2.22. The maximum atomic E-state index is 2.31. The Balaban J connectivity index is 2.27. The molecular formula is C17H30S. The van der Waals surface area contributed by atoms with Gasteiger partial charge < -0.3 is 0 Å². The minimum absolute atomic E-state index is 0.937. The number of hydrogen-bond acceptors (Lipinski definition) is 1. The third-order valence-electron chi connectivity index (χ3n) is 3.75. The highest BCUT2D eigenvalue weighted by molar-refractivity contribution is 7.09. The zero-order chi connectivity index (χ0) is 13.1. The monoisotopic (exact) mass is 266 g/mol. The average molecular weight is 266 g/mol. The van der Waals surface area contributed by atoms with Crippen LogP contribution >= 0.6 is 11.3 Å². The van der Waals surface area contributed by atoms with Gasteiger partial charge in [0.2, 0.25) is 0 Å². The van der Waals surface area contributed by atoms with Crippen molar-refractivity contribution in [2.24, 2.45) is 5.92 Å². The van der Waals surface area contributed by atoms with Gasteiger partial charge >= 0.3 is 0 Å². The first-order valence-electron chi connectivity index (χ1n) is 7.89. The van der Waals surface area contributed by atoms with Gasteiger partial charge in [0.05, 0.1) is 0 Å². The second kappa shape index (κ2) is 10.6. The van der Waals surface area contributed by atoms with Crippen molar-refractivity contribution in [2.75, 3.05) is 0 Å². The molecule has 0 saturated carbocycles. The molecular weight excluding hydrogens is 236 g/mol. The Morgan fingerprint density at radius 2 is 1.61 bits per heavy atom. The van der Waals surface area contributed by atoms with Crippen molar-refractivity contribution in [1.82, 2.24) is 0 Å². The molecule has 0 bridgehead atoms. The summed E-state index contributed by atoms with van der Waals surface area (Å²) >= 11 is 1.93. The lowest BCUT2D eigenvalue weighted by Crippen LogP contribution is -2.04. The molecule has 1 heterocycles. The van der Waals surface area contributed by atoms with Crippen LogP contribution in [0.4, 0.5) is 0 Å². The predicted molar refractivity (Wildman–Crippen MR) is 84.4 cm³/mol. The van der Waals surface area contributed by atoms with Crippen molar-refractivity contribution in [3.8, 4) is 0 Å².